The predicted molar refractivity (Wildman–Crippen MR) is 127 cm³/mol. The first-order chi connectivity index (χ1) is 16.5. The molecule has 7 nitrogen and oxygen atoms in total. The molecule has 182 valence electrons. The Morgan fingerprint density at radius 3 is 2.65 bits per heavy atom. The van der Waals surface area contributed by atoms with Crippen LogP contribution in [0.2, 0.25) is 0 Å². The average Bonchev–Trinajstić information content (AvgIpc) is 2.85. The van der Waals surface area contributed by atoms with Crippen molar-refractivity contribution in [3.05, 3.63) is 53.3 Å². The third-order valence-electron chi connectivity index (χ3n) is 5.82. The largest absolute Gasteiger partial charge is 0.494 e. The maximum absolute atomic E-state index is 15.8. The molecular formula is C26H32FN3O4. The first kappa shape index (κ1) is 25.3. The fourth-order valence-corrected chi connectivity index (χ4v) is 4.01. The number of benzene rings is 2. The van der Waals surface area contributed by atoms with Gasteiger partial charge in [-0.3, -0.25) is 0 Å². The van der Waals surface area contributed by atoms with Gasteiger partial charge >= 0.3 is 5.97 Å². The van der Waals surface area contributed by atoms with Crippen molar-refractivity contribution in [2.24, 2.45) is 5.92 Å². The van der Waals surface area contributed by atoms with Gasteiger partial charge in [0.25, 0.3) is 0 Å². The number of carbonyl (C=O) groups excluding carboxylic acids is 1. The number of esters is 1. The Kier molecular flexibility index (Phi) is 9.11. The van der Waals surface area contributed by atoms with Crippen LogP contribution in [-0.2, 0) is 9.53 Å². The van der Waals surface area contributed by atoms with E-state index in [1.165, 1.54) is 12.1 Å². The number of hydrogen-bond acceptors (Lipinski definition) is 7. The molecule has 1 aliphatic rings. The second-order valence-corrected chi connectivity index (χ2v) is 8.21. The SMILES string of the molecule is CCOC(=O)C(Nc1ccc(C#N)cc1)c1cc(OCC)cc(OC(C)C2CCCNC2)c1F. The molecule has 0 spiro atoms. The summed E-state index contributed by atoms with van der Waals surface area (Å²) in [7, 11) is 0. The molecule has 3 unspecified atom stereocenters. The van der Waals surface area contributed by atoms with E-state index in [-0.39, 0.29) is 29.9 Å². The monoisotopic (exact) mass is 469 g/mol. The summed E-state index contributed by atoms with van der Waals surface area (Å²) in [5.74, 6) is -0.577. The van der Waals surface area contributed by atoms with Crippen LogP contribution in [0.4, 0.5) is 10.1 Å². The summed E-state index contributed by atoms with van der Waals surface area (Å²) in [6.45, 7) is 7.76. The number of anilines is 1. The van der Waals surface area contributed by atoms with E-state index < -0.39 is 17.8 Å². The Morgan fingerprint density at radius 2 is 2.03 bits per heavy atom. The van der Waals surface area contributed by atoms with Gasteiger partial charge in [0.2, 0.25) is 0 Å². The predicted octanol–water partition coefficient (Wildman–Crippen LogP) is 4.58. The van der Waals surface area contributed by atoms with Crippen LogP contribution >= 0.6 is 0 Å². The lowest BCUT2D eigenvalue weighted by Crippen LogP contribution is -2.38. The molecule has 0 amide bonds. The number of halogens is 1. The van der Waals surface area contributed by atoms with Gasteiger partial charge in [-0.15, -0.1) is 0 Å². The molecule has 2 aromatic carbocycles. The van der Waals surface area contributed by atoms with Gasteiger partial charge in [0.1, 0.15) is 11.9 Å². The van der Waals surface area contributed by atoms with Crippen molar-refractivity contribution in [1.29, 1.82) is 5.26 Å². The maximum atomic E-state index is 15.8. The highest BCUT2D eigenvalue weighted by Crippen LogP contribution is 2.35. The van der Waals surface area contributed by atoms with Crippen LogP contribution in [0.25, 0.3) is 0 Å². The van der Waals surface area contributed by atoms with E-state index in [1.807, 2.05) is 19.9 Å². The molecule has 0 aromatic heterocycles. The highest BCUT2D eigenvalue weighted by molar-refractivity contribution is 5.81. The molecule has 1 fully saturated rings. The van der Waals surface area contributed by atoms with Crippen LogP contribution in [0.5, 0.6) is 11.5 Å². The van der Waals surface area contributed by atoms with Crippen LogP contribution < -0.4 is 20.1 Å². The molecule has 1 aliphatic heterocycles. The van der Waals surface area contributed by atoms with Gasteiger partial charge in [-0.1, -0.05) is 0 Å². The Morgan fingerprint density at radius 1 is 1.26 bits per heavy atom. The number of piperidine rings is 1. The number of hydrogen-bond donors (Lipinski definition) is 2. The quantitative estimate of drug-likeness (QED) is 0.492. The van der Waals surface area contributed by atoms with Crippen molar-refractivity contribution in [2.75, 3.05) is 31.6 Å². The van der Waals surface area contributed by atoms with Crippen LogP contribution in [-0.4, -0.2) is 38.4 Å². The Labute approximate surface area is 200 Å². The van der Waals surface area contributed by atoms with Crippen molar-refractivity contribution in [1.82, 2.24) is 5.32 Å². The third kappa shape index (κ3) is 6.39. The topological polar surface area (TPSA) is 92.6 Å². The van der Waals surface area contributed by atoms with Crippen LogP contribution in [0.3, 0.4) is 0 Å². The normalized spacial score (nSPS) is 17.2. The van der Waals surface area contributed by atoms with Crippen LogP contribution in [0, 0.1) is 23.1 Å². The number of nitriles is 1. The number of nitrogens with one attached hydrogen (secondary N) is 2. The van der Waals surface area contributed by atoms with Gasteiger partial charge in [0.15, 0.2) is 17.6 Å². The molecule has 2 N–H and O–H groups in total. The summed E-state index contributed by atoms with van der Waals surface area (Å²) >= 11 is 0. The number of rotatable bonds is 10. The van der Waals surface area contributed by atoms with E-state index in [0.717, 1.165) is 25.9 Å². The van der Waals surface area contributed by atoms with Gasteiger partial charge in [-0.25, -0.2) is 9.18 Å². The van der Waals surface area contributed by atoms with Crippen molar-refractivity contribution in [3.63, 3.8) is 0 Å². The molecule has 1 heterocycles. The number of carbonyl (C=O) groups is 1. The molecule has 34 heavy (non-hydrogen) atoms. The van der Waals surface area contributed by atoms with Gasteiger partial charge in [0.05, 0.1) is 24.8 Å². The Balaban J connectivity index is 1.96. The van der Waals surface area contributed by atoms with Gasteiger partial charge in [-0.2, -0.15) is 5.26 Å². The van der Waals surface area contributed by atoms with E-state index in [9.17, 15) is 4.79 Å². The van der Waals surface area contributed by atoms with E-state index in [0.29, 0.717) is 23.6 Å². The molecule has 2 aromatic rings. The van der Waals surface area contributed by atoms with Crippen molar-refractivity contribution >= 4 is 11.7 Å². The minimum absolute atomic E-state index is 0.0370. The highest BCUT2D eigenvalue weighted by Gasteiger charge is 2.30. The summed E-state index contributed by atoms with van der Waals surface area (Å²) in [6.07, 6.45) is 1.82. The summed E-state index contributed by atoms with van der Waals surface area (Å²) in [4.78, 5) is 12.9. The van der Waals surface area contributed by atoms with Gasteiger partial charge < -0.3 is 24.8 Å². The first-order valence-corrected chi connectivity index (χ1v) is 11.7. The highest BCUT2D eigenvalue weighted by atomic mass is 19.1. The van der Waals surface area contributed by atoms with Crippen LogP contribution in [0.1, 0.15) is 50.8 Å². The number of ether oxygens (including phenoxy) is 3. The van der Waals surface area contributed by atoms with E-state index in [2.05, 4.69) is 10.6 Å². The minimum atomic E-state index is -1.14. The van der Waals surface area contributed by atoms with Crippen LogP contribution in [0.15, 0.2) is 36.4 Å². The standard InChI is InChI=1S/C26H32FN3O4/c1-4-32-21-13-22(24(27)23(14-21)34-17(3)19-7-6-12-29-16-19)25(26(31)33-5-2)30-20-10-8-18(15-28)9-11-20/h8-11,13-14,17,19,25,29-30H,4-7,12,16H2,1-3H3. The molecule has 3 rings (SSSR count). The second-order valence-electron chi connectivity index (χ2n) is 8.21. The smallest absolute Gasteiger partial charge is 0.333 e. The molecule has 3 atom stereocenters. The average molecular weight is 470 g/mol. The molecule has 8 heteroatoms. The zero-order chi connectivity index (χ0) is 24.5. The van der Waals surface area contributed by atoms with E-state index >= 15 is 4.39 Å². The minimum Gasteiger partial charge on any atom is -0.494 e. The zero-order valence-corrected chi connectivity index (χ0v) is 19.9. The second kappa shape index (κ2) is 12.2. The lowest BCUT2D eigenvalue weighted by Gasteiger charge is -2.29. The molecular weight excluding hydrogens is 437 g/mol. The van der Waals surface area contributed by atoms with Gasteiger partial charge in [0, 0.05) is 29.8 Å². The summed E-state index contributed by atoms with van der Waals surface area (Å²) < 4.78 is 32.8. The molecule has 0 saturated carbocycles. The third-order valence-corrected chi connectivity index (χ3v) is 5.82. The Hall–Kier alpha value is -3.31. The summed E-state index contributed by atoms with van der Waals surface area (Å²) in [5.41, 5.74) is 1.09. The first-order valence-electron chi connectivity index (χ1n) is 11.7. The lowest BCUT2D eigenvalue weighted by atomic mass is 9.94. The van der Waals surface area contributed by atoms with E-state index in [1.54, 1.807) is 31.2 Å². The summed E-state index contributed by atoms with van der Waals surface area (Å²) in [6, 6.07) is 10.5. The molecule has 0 aliphatic carbocycles. The molecule has 0 radical (unpaired) electrons. The molecule has 1 saturated heterocycles. The Bertz CT molecular complexity index is 1000. The molecule has 0 bridgehead atoms. The fourth-order valence-electron chi connectivity index (χ4n) is 4.01. The number of nitrogens with zero attached hydrogens (tertiary/aromatic N) is 1. The maximum Gasteiger partial charge on any atom is 0.333 e. The van der Waals surface area contributed by atoms with Crippen molar-refractivity contribution in [2.45, 2.75) is 45.8 Å². The fraction of sp³-hybridized carbons (Fsp3) is 0.462. The zero-order valence-electron chi connectivity index (χ0n) is 19.9. The van der Waals surface area contributed by atoms with Gasteiger partial charge in [-0.05, 0) is 70.5 Å². The van der Waals surface area contributed by atoms with Crippen molar-refractivity contribution < 1.29 is 23.4 Å². The summed E-state index contributed by atoms with van der Waals surface area (Å²) in [5, 5.41) is 15.4. The van der Waals surface area contributed by atoms with E-state index in [4.69, 9.17) is 19.5 Å². The lowest BCUT2D eigenvalue weighted by molar-refractivity contribution is -0.144. The van der Waals surface area contributed by atoms with Crippen molar-refractivity contribution in [3.8, 4) is 17.6 Å².